The second-order valence-corrected chi connectivity index (χ2v) is 8.28. The molecule has 31 heavy (non-hydrogen) atoms. The molecule has 0 aromatic heterocycles. The molecule has 9 heteroatoms. The Labute approximate surface area is 180 Å². The van der Waals surface area contributed by atoms with Gasteiger partial charge in [0.2, 0.25) is 17.7 Å². The zero-order valence-corrected chi connectivity index (χ0v) is 17.7. The first-order valence-corrected chi connectivity index (χ1v) is 10.6. The van der Waals surface area contributed by atoms with Crippen LogP contribution in [0.4, 0.5) is 10.1 Å². The number of halogens is 1. The van der Waals surface area contributed by atoms with Gasteiger partial charge in [-0.2, -0.15) is 0 Å². The maximum absolute atomic E-state index is 13.2. The fraction of sp³-hybridized carbons (Fsp3) is 0.545. The minimum atomic E-state index is -1.04. The predicted molar refractivity (Wildman–Crippen MR) is 111 cm³/mol. The quantitative estimate of drug-likeness (QED) is 0.682. The van der Waals surface area contributed by atoms with Crippen LogP contribution in [0.1, 0.15) is 39.5 Å². The molecule has 2 aliphatic rings. The Balaban J connectivity index is 1.71. The first-order valence-electron chi connectivity index (χ1n) is 10.6. The SMILES string of the molecule is CCC(C)C(NC(=O)C1CC(=O)N(c2ccc(F)cc2)C1)C(=O)N1CCCC1C(=O)O. The second kappa shape index (κ2) is 9.45. The molecule has 0 saturated carbocycles. The average Bonchev–Trinajstić information content (AvgIpc) is 3.38. The van der Waals surface area contributed by atoms with Crippen molar-refractivity contribution in [1.82, 2.24) is 10.2 Å². The summed E-state index contributed by atoms with van der Waals surface area (Å²) in [6, 6.07) is 3.74. The number of carbonyl (C=O) groups is 4. The largest absolute Gasteiger partial charge is 0.480 e. The molecule has 2 fully saturated rings. The summed E-state index contributed by atoms with van der Waals surface area (Å²) in [6.45, 7) is 4.21. The fourth-order valence-electron chi connectivity index (χ4n) is 4.17. The van der Waals surface area contributed by atoms with E-state index in [1.54, 1.807) is 0 Å². The number of hydrogen-bond donors (Lipinski definition) is 2. The number of likely N-dealkylation sites (tertiary alicyclic amines) is 1. The molecule has 0 radical (unpaired) electrons. The Kier molecular flexibility index (Phi) is 6.92. The Morgan fingerprint density at radius 1 is 1.26 bits per heavy atom. The summed E-state index contributed by atoms with van der Waals surface area (Å²) in [5, 5.41) is 12.2. The number of hydrogen-bond acceptors (Lipinski definition) is 4. The van der Waals surface area contributed by atoms with E-state index >= 15 is 0 Å². The highest BCUT2D eigenvalue weighted by Crippen LogP contribution is 2.26. The third kappa shape index (κ3) is 4.86. The second-order valence-electron chi connectivity index (χ2n) is 8.28. The molecule has 2 saturated heterocycles. The number of aliphatic carboxylic acids is 1. The Hall–Kier alpha value is -2.97. The minimum absolute atomic E-state index is 0.00785. The number of rotatable bonds is 7. The van der Waals surface area contributed by atoms with E-state index in [0.29, 0.717) is 31.5 Å². The monoisotopic (exact) mass is 433 g/mol. The Morgan fingerprint density at radius 3 is 2.55 bits per heavy atom. The van der Waals surface area contributed by atoms with Gasteiger partial charge in [-0.3, -0.25) is 14.4 Å². The van der Waals surface area contributed by atoms with Crippen molar-refractivity contribution in [3.8, 4) is 0 Å². The number of nitrogens with zero attached hydrogens (tertiary/aromatic N) is 2. The lowest BCUT2D eigenvalue weighted by atomic mass is 9.96. The molecule has 2 N–H and O–H groups in total. The van der Waals surface area contributed by atoms with Gasteiger partial charge in [0, 0.05) is 25.2 Å². The molecule has 3 amide bonds. The summed E-state index contributed by atoms with van der Waals surface area (Å²) < 4.78 is 13.2. The lowest BCUT2D eigenvalue weighted by molar-refractivity contribution is -0.150. The highest BCUT2D eigenvalue weighted by atomic mass is 19.1. The number of amides is 3. The molecule has 4 atom stereocenters. The first-order chi connectivity index (χ1) is 14.7. The number of nitrogens with one attached hydrogen (secondary N) is 1. The predicted octanol–water partition coefficient (Wildman–Crippen LogP) is 1.79. The van der Waals surface area contributed by atoms with Crippen LogP contribution >= 0.6 is 0 Å². The maximum atomic E-state index is 13.2. The number of benzene rings is 1. The summed E-state index contributed by atoms with van der Waals surface area (Å²) in [4.78, 5) is 52.8. The van der Waals surface area contributed by atoms with Crippen molar-refractivity contribution in [1.29, 1.82) is 0 Å². The van der Waals surface area contributed by atoms with E-state index in [1.807, 2.05) is 13.8 Å². The van der Waals surface area contributed by atoms with Gasteiger partial charge in [-0.1, -0.05) is 20.3 Å². The van der Waals surface area contributed by atoms with Gasteiger partial charge >= 0.3 is 5.97 Å². The highest BCUT2D eigenvalue weighted by molar-refractivity contribution is 6.01. The van der Waals surface area contributed by atoms with E-state index in [2.05, 4.69) is 5.32 Å². The molecule has 1 aromatic carbocycles. The van der Waals surface area contributed by atoms with Crippen LogP contribution in [-0.4, -0.2) is 58.9 Å². The lowest BCUT2D eigenvalue weighted by Gasteiger charge is -2.31. The molecule has 0 spiro atoms. The molecular formula is C22H28FN3O5. The van der Waals surface area contributed by atoms with Gasteiger partial charge in [-0.05, 0) is 43.0 Å². The van der Waals surface area contributed by atoms with Gasteiger partial charge in [-0.25, -0.2) is 9.18 Å². The van der Waals surface area contributed by atoms with E-state index in [1.165, 1.54) is 34.1 Å². The van der Waals surface area contributed by atoms with Gasteiger partial charge < -0.3 is 20.2 Å². The molecule has 2 heterocycles. The molecule has 3 rings (SSSR count). The van der Waals surface area contributed by atoms with Crippen molar-refractivity contribution >= 4 is 29.4 Å². The van der Waals surface area contributed by atoms with E-state index < -0.39 is 41.6 Å². The summed E-state index contributed by atoms with van der Waals surface area (Å²) in [5.74, 6) is -3.36. The smallest absolute Gasteiger partial charge is 0.326 e. The van der Waals surface area contributed by atoms with E-state index in [-0.39, 0.29) is 24.8 Å². The van der Waals surface area contributed by atoms with Crippen LogP contribution in [0.25, 0.3) is 0 Å². The molecule has 4 unspecified atom stereocenters. The normalized spacial score (nSPS) is 23.0. The number of anilines is 1. The molecule has 0 bridgehead atoms. The Bertz CT molecular complexity index is 859. The summed E-state index contributed by atoms with van der Waals surface area (Å²) >= 11 is 0. The maximum Gasteiger partial charge on any atom is 0.326 e. The van der Waals surface area contributed by atoms with Crippen molar-refractivity contribution in [3.05, 3.63) is 30.1 Å². The molecule has 8 nitrogen and oxygen atoms in total. The average molecular weight is 433 g/mol. The van der Waals surface area contributed by atoms with Crippen LogP contribution in [-0.2, 0) is 19.2 Å². The third-order valence-electron chi connectivity index (χ3n) is 6.23. The van der Waals surface area contributed by atoms with Crippen molar-refractivity contribution < 1.29 is 28.7 Å². The standard InChI is InChI=1S/C22H28FN3O5/c1-3-13(2)19(21(29)25-10-4-5-17(25)22(30)31)24-20(28)14-11-18(27)26(12-14)16-8-6-15(23)7-9-16/h6-9,13-14,17,19H,3-5,10-12H2,1-2H3,(H,24,28)(H,30,31). The summed E-state index contributed by atoms with van der Waals surface area (Å²) in [5.41, 5.74) is 0.512. The van der Waals surface area contributed by atoms with E-state index in [0.717, 1.165) is 0 Å². The van der Waals surface area contributed by atoms with Crippen LogP contribution in [0, 0.1) is 17.7 Å². The van der Waals surface area contributed by atoms with Crippen molar-refractivity contribution in [2.24, 2.45) is 11.8 Å². The highest BCUT2D eigenvalue weighted by Gasteiger charge is 2.41. The molecule has 168 valence electrons. The zero-order valence-electron chi connectivity index (χ0n) is 17.7. The van der Waals surface area contributed by atoms with Crippen molar-refractivity contribution in [3.63, 3.8) is 0 Å². The minimum Gasteiger partial charge on any atom is -0.480 e. The molecule has 1 aromatic rings. The van der Waals surface area contributed by atoms with Gasteiger partial charge in [0.15, 0.2) is 0 Å². The summed E-state index contributed by atoms with van der Waals surface area (Å²) in [6.07, 6.45) is 1.61. The van der Waals surface area contributed by atoms with Gasteiger partial charge in [0.05, 0.1) is 5.92 Å². The summed E-state index contributed by atoms with van der Waals surface area (Å²) in [7, 11) is 0. The van der Waals surface area contributed by atoms with Crippen molar-refractivity contribution in [2.75, 3.05) is 18.0 Å². The van der Waals surface area contributed by atoms with E-state index in [9.17, 15) is 28.7 Å². The molecule has 0 aliphatic carbocycles. The van der Waals surface area contributed by atoms with Crippen LogP contribution in [0.15, 0.2) is 24.3 Å². The third-order valence-corrected chi connectivity index (χ3v) is 6.23. The Morgan fingerprint density at radius 2 is 1.94 bits per heavy atom. The van der Waals surface area contributed by atoms with Crippen LogP contribution in [0.5, 0.6) is 0 Å². The van der Waals surface area contributed by atoms with Gasteiger partial charge in [0.1, 0.15) is 17.9 Å². The molecular weight excluding hydrogens is 405 g/mol. The lowest BCUT2D eigenvalue weighted by Crippen LogP contribution is -2.55. The van der Waals surface area contributed by atoms with E-state index in [4.69, 9.17) is 0 Å². The van der Waals surface area contributed by atoms with Crippen LogP contribution < -0.4 is 10.2 Å². The molecule has 2 aliphatic heterocycles. The number of carboxylic acids is 1. The van der Waals surface area contributed by atoms with Crippen LogP contribution in [0.3, 0.4) is 0 Å². The van der Waals surface area contributed by atoms with Gasteiger partial charge in [-0.15, -0.1) is 0 Å². The number of carboxylic acid groups (broad SMARTS) is 1. The van der Waals surface area contributed by atoms with Crippen LogP contribution in [0.2, 0.25) is 0 Å². The topological polar surface area (TPSA) is 107 Å². The fourth-order valence-corrected chi connectivity index (χ4v) is 4.17. The zero-order chi connectivity index (χ0) is 22.7. The van der Waals surface area contributed by atoms with Crippen molar-refractivity contribution in [2.45, 2.75) is 51.6 Å². The first kappa shape index (κ1) is 22.7. The van der Waals surface area contributed by atoms with Gasteiger partial charge in [0.25, 0.3) is 0 Å². The number of carbonyl (C=O) groups excluding carboxylic acids is 3.